The molecule has 0 amide bonds. The number of aromatic amines is 1. The number of benzene rings is 2. The molecule has 1 N–H and O–H groups in total. The van der Waals surface area contributed by atoms with Crippen LogP contribution >= 0.6 is 23.2 Å². The van der Waals surface area contributed by atoms with E-state index in [1.165, 1.54) is 25.4 Å². The minimum Gasteiger partial charge on any atom is -0.466 e. The van der Waals surface area contributed by atoms with Crippen LogP contribution in [0.1, 0.15) is 22.0 Å². The maximum absolute atomic E-state index is 12.6. The Morgan fingerprint density at radius 1 is 1.20 bits per heavy atom. The van der Waals surface area contributed by atoms with Gasteiger partial charge in [-0.2, -0.15) is 5.10 Å². The van der Waals surface area contributed by atoms with E-state index in [-0.39, 0.29) is 16.1 Å². The van der Waals surface area contributed by atoms with E-state index >= 15 is 0 Å². The molecule has 1 atom stereocenters. The van der Waals surface area contributed by atoms with E-state index in [9.17, 15) is 9.59 Å². The number of H-pyrrole nitrogens is 1. The highest BCUT2D eigenvalue weighted by atomic mass is 35.5. The molecule has 1 aromatic heterocycles. The highest BCUT2D eigenvalue weighted by molar-refractivity contribution is 6.35. The molecule has 1 heterocycles. The van der Waals surface area contributed by atoms with Crippen LogP contribution in [0, 0.1) is 0 Å². The number of rotatable bonds is 4. The summed E-state index contributed by atoms with van der Waals surface area (Å²) in [7, 11) is 1.20. The predicted molar refractivity (Wildman–Crippen MR) is 92.7 cm³/mol. The summed E-state index contributed by atoms with van der Waals surface area (Å²) in [4.78, 5) is 24.7. The third-order valence-corrected chi connectivity index (χ3v) is 4.15. The van der Waals surface area contributed by atoms with Crippen LogP contribution in [-0.4, -0.2) is 29.2 Å². The van der Waals surface area contributed by atoms with Crippen LogP contribution in [-0.2, 0) is 14.3 Å². The Morgan fingerprint density at radius 3 is 2.72 bits per heavy atom. The Balaban J connectivity index is 1.97. The first-order chi connectivity index (χ1) is 12.0. The van der Waals surface area contributed by atoms with Crippen LogP contribution < -0.4 is 0 Å². The number of hydrogen-bond donors (Lipinski definition) is 1. The quantitative estimate of drug-likeness (QED) is 0.695. The highest BCUT2D eigenvalue weighted by Gasteiger charge is 2.29. The van der Waals surface area contributed by atoms with Gasteiger partial charge in [-0.1, -0.05) is 35.3 Å². The number of ether oxygens (including phenoxy) is 2. The van der Waals surface area contributed by atoms with Gasteiger partial charge in [0.15, 0.2) is 0 Å². The average molecular weight is 379 g/mol. The summed E-state index contributed by atoms with van der Waals surface area (Å²) in [5, 5.41) is 7.83. The van der Waals surface area contributed by atoms with Gasteiger partial charge in [0.25, 0.3) is 0 Å². The van der Waals surface area contributed by atoms with Gasteiger partial charge >= 0.3 is 11.9 Å². The molecule has 0 saturated heterocycles. The maximum atomic E-state index is 12.6. The number of methoxy groups -OCH3 is 1. The Labute approximate surface area is 152 Å². The van der Waals surface area contributed by atoms with Crippen molar-refractivity contribution in [2.24, 2.45) is 0 Å². The second-order valence-corrected chi connectivity index (χ2v) is 5.95. The van der Waals surface area contributed by atoms with E-state index in [0.29, 0.717) is 15.9 Å². The van der Waals surface area contributed by atoms with Gasteiger partial charge in [0.05, 0.1) is 24.4 Å². The number of nitrogens with one attached hydrogen (secondary N) is 1. The average Bonchev–Trinajstić information content (AvgIpc) is 3.08. The third kappa shape index (κ3) is 3.45. The zero-order chi connectivity index (χ0) is 18.0. The van der Waals surface area contributed by atoms with Gasteiger partial charge in [-0.15, -0.1) is 0 Å². The predicted octanol–water partition coefficient (Wildman–Crippen LogP) is 3.94. The summed E-state index contributed by atoms with van der Waals surface area (Å²) in [6.45, 7) is 0. The van der Waals surface area contributed by atoms with E-state index in [0.717, 1.165) is 0 Å². The van der Waals surface area contributed by atoms with Crippen LogP contribution in [0.3, 0.4) is 0 Å². The van der Waals surface area contributed by atoms with Gasteiger partial charge < -0.3 is 9.47 Å². The monoisotopic (exact) mass is 378 g/mol. The first-order valence-electron chi connectivity index (χ1n) is 7.17. The molecule has 0 aliphatic carbocycles. The van der Waals surface area contributed by atoms with Crippen LogP contribution in [0.4, 0.5) is 0 Å². The molecule has 0 bridgehead atoms. The van der Waals surface area contributed by atoms with E-state index in [2.05, 4.69) is 10.2 Å². The molecular weight excluding hydrogens is 367 g/mol. The summed E-state index contributed by atoms with van der Waals surface area (Å²) in [5.41, 5.74) is 1.23. The van der Waals surface area contributed by atoms with Crippen LogP contribution in [0.5, 0.6) is 0 Å². The lowest BCUT2D eigenvalue weighted by atomic mass is 10.1. The summed E-state index contributed by atoms with van der Waals surface area (Å²) in [6.07, 6.45) is 0.193. The van der Waals surface area contributed by atoms with Crippen LogP contribution in [0.25, 0.3) is 10.9 Å². The van der Waals surface area contributed by atoms with Gasteiger partial charge in [-0.05, 0) is 24.3 Å². The largest absolute Gasteiger partial charge is 0.466 e. The molecule has 0 aliphatic rings. The number of aromatic nitrogens is 2. The lowest BCUT2D eigenvalue weighted by Crippen LogP contribution is -2.21. The van der Waals surface area contributed by atoms with E-state index in [1.807, 2.05) is 0 Å². The van der Waals surface area contributed by atoms with Crippen LogP contribution in [0.15, 0.2) is 42.6 Å². The smallest absolute Gasteiger partial charge is 0.352 e. The van der Waals surface area contributed by atoms with Gasteiger partial charge in [-0.3, -0.25) is 5.10 Å². The second-order valence-electron chi connectivity index (χ2n) is 5.11. The molecule has 6 nitrogen and oxygen atoms in total. The molecule has 2 aromatic carbocycles. The molecule has 3 aromatic rings. The topological polar surface area (TPSA) is 81.3 Å². The van der Waals surface area contributed by atoms with Gasteiger partial charge in [0.1, 0.15) is 0 Å². The van der Waals surface area contributed by atoms with E-state index in [4.69, 9.17) is 32.7 Å². The minimum atomic E-state index is -1.32. The summed E-state index contributed by atoms with van der Waals surface area (Å²) in [5.74, 6) is -1.45. The molecule has 0 radical (unpaired) electrons. The van der Waals surface area contributed by atoms with E-state index in [1.54, 1.807) is 24.3 Å². The highest BCUT2D eigenvalue weighted by Crippen LogP contribution is 2.30. The number of carbonyl (C=O) groups is 2. The second kappa shape index (κ2) is 7.13. The lowest BCUT2D eigenvalue weighted by molar-refractivity contribution is -0.151. The Kier molecular flexibility index (Phi) is 4.92. The first kappa shape index (κ1) is 17.3. The van der Waals surface area contributed by atoms with Crippen molar-refractivity contribution >= 4 is 46.0 Å². The van der Waals surface area contributed by atoms with Gasteiger partial charge in [-0.25, -0.2) is 9.59 Å². The van der Waals surface area contributed by atoms with Crippen molar-refractivity contribution in [3.8, 4) is 0 Å². The fraction of sp³-hybridized carbons (Fsp3) is 0.118. The standard InChI is InChI=1S/C17H12Cl2N2O4/c1-24-17(23)15(11-6-5-9(18)7-13(11)19)25-16(22)10-3-2-4-14-12(10)8-20-21-14/h2-8,15H,1H3,(H,20,21). The molecule has 25 heavy (non-hydrogen) atoms. The lowest BCUT2D eigenvalue weighted by Gasteiger charge is -2.17. The number of fused-ring (bicyclic) bond motifs is 1. The van der Waals surface area contributed by atoms with Crippen molar-refractivity contribution in [3.05, 3.63) is 63.8 Å². The van der Waals surface area contributed by atoms with Crippen molar-refractivity contribution in [2.75, 3.05) is 7.11 Å². The zero-order valence-corrected chi connectivity index (χ0v) is 14.5. The molecule has 0 spiro atoms. The minimum absolute atomic E-state index is 0.192. The molecular formula is C17H12Cl2N2O4. The van der Waals surface area contributed by atoms with Crippen molar-refractivity contribution in [3.63, 3.8) is 0 Å². The molecule has 0 saturated carbocycles. The Morgan fingerprint density at radius 2 is 2.00 bits per heavy atom. The van der Waals surface area contributed by atoms with Crippen molar-refractivity contribution < 1.29 is 19.1 Å². The molecule has 0 fully saturated rings. The van der Waals surface area contributed by atoms with Crippen molar-refractivity contribution in [1.82, 2.24) is 10.2 Å². The summed E-state index contributed by atoms with van der Waals surface area (Å²) in [6, 6.07) is 9.55. The number of halogens is 2. The van der Waals surface area contributed by atoms with Crippen molar-refractivity contribution in [1.29, 1.82) is 0 Å². The van der Waals surface area contributed by atoms with Crippen LogP contribution in [0.2, 0.25) is 10.0 Å². The van der Waals surface area contributed by atoms with Gasteiger partial charge in [0.2, 0.25) is 6.10 Å². The zero-order valence-electron chi connectivity index (χ0n) is 13.0. The SMILES string of the molecule is COC(=O)C(OC(=O)c1cccc2[nH]ncc12)c1ccc(Cl)cc1Cl. The fourth-order valence-electron chi connectivity index (χ4n) is 2.38. The summed E-state index contributed by atoms with van der Waals surface area (Å²) < 4.78 is 10.1. The molecule has 1 unspecified atom stereocenters. The molecule has 8 heteroatoms. The van der Waals surface area contributed by atoms with Gasteiger partial charge in [0, 0.05) is 21.0 Å². The Bertz CT molecular complexity index is 955. The molecule has 3 rings (SSSR count). The molecule has 128 valence electrons. The number of nitrogens with zero attached hydrogens (tertiary/aromatic N) is 1. The normalized spacial score (nSPS) is 12.0. The maximum Gasteiger partial charge on any atom is 0.352 e. The van der Waals surface area contributed by atoms with Crippen molar-refractivity contribution in [2.45, 2.75) is 6.10 Å². The molecule has 0 aliphatic heterocycles. The summed E-state index contributed by atoms with van der Waals surface area (Å²) >= 11 is 12.0. The number of hydrogen-bond acceptors (Lipinski definition) is 5. The Hall–Kier alpha value is -2.57. The fourth-order valence-corrected chi connectivity index (χ4v) is 2.88. The third-order valence-electron chi connectivity index (χ3n) is 3.59. The van der Waals surface area contributed by atoms with E-state index < -0.39 is 18.0 Å². The first-order valence-corrected chi connectivity index (χ1v) is 7.92. The number of esters is 2. The number of carbonyl (C=O) groups excluding carboxylic acids is 2.